The van der Waals surface area contributed by atoms with E-state index in [-0.39, 0.29) is 34.4 Å². The molecule has 2 N–H and O–H groups in total. The van der Waals surface area contributed by atoms with Crippen LogP contribution in [0.2, 0.25) is 0 Å². The van der Waals surface area contributed by atoms with Gasteiger partial charge < -0.3 is 24.6 Å². The van der Waals surface area contributed by atoms with E-state index in [1.54, 1.807) is 19.1 Å². The minimum atomic E-state index is -0.723. The van der Waals surface area contributed by atoms with Gasteiger partial charge in [0.25, 0.3) is 11.8 Å². The van der Waals surface area contributed by atoms with Crippen LogP contribution in [0, 0.1) is 19.7 Å². The highest BCUT2D eigenvalue weighted by molar-refractivity contribution is 7.15. The molecule has 0 aliphatic rings. The van der Waals surface area contributed by atoms with Crippen LogP contribution in [0.3, 0.4) is 0 Å². The van der Waals surface area contributed by atoms with Crippen LogP contribution in [0.4, 0.5) is 10.1 Å². The smallest absolute Gasteiger partial charge is 0.261 e. The Morgan fingerprint density at radius 2 is 1.82 bits per heavy atom. The molecule has 0 saturated heterocycles. The number of rotatable bonds is 7. The second-order valence-corrected chi connectivity index (χ2v) is 9.76. The summed E-state index contributed by atoms with van der Waals surface area (Å²) in [5.74, 6) is -0.754. The molecule has 0 unspecified atom stereocenters. The van der Waals surface area contributed by atoms with Crippen molar-refractivity contribution in [2.75, 3.05) is 19.5 Å². The van der Waals surface area contributed by atoms with E-state index in [4.69, 9.17) is 14.2 Å². The van der Waals surface area contributed by atoms with Crippen LogP contribution < -0.4 is 19.5 Å². The molecule has 11 heteroatoms. The van der Waals surface area contributed by atoms with Gasteiger partial charge in [-0.1, -0.05) is 0 Å². The lowest BCUT2D eigenvalue weighted by atomic mass is 10.1. The number of ether oxygens (including phenoxy) is 3. The highest BCUT2D eigenvalue weighted by Gasteiger charge is 2.21. The average Bonchev–Trinajstić information content (AvgIpc) is 3.35. The fourth-order valence-corrected chi connectivity index (χ4v) is 4.95. The molecule has 198 valence electrons. The molecule has 0 saturated carbocycles. The van der Waals surface area contributed by atoms with Gasteiger partial charge in [-0.15, -0.1) is 11.3 Å². The molecule has 4 aromatic heterocycles. The first-order valence-corrected chi connectivity index (χ1v) is 12.5. The van der Waals surface area contributed by atoms with Crippen molar-refractivity contribution in [1.29, 1.82) is 0 Å². The maximum atomic E-state index is 15.1. The Hall–Kier alpha value is -4.77. The number of thiophene rings is 1. The number of methoxy groups -OCH3 is 2. The third-order valence-corrected chi connectivity index (χ3v) is 6.92. The highest BCUT2D eigenvalue weighted by atomic mass is 32.1. The molecule has 0 spiro atoms. The topological polar surface area (TPSA) is 116 Å². The number of halogens is 1. The van der Waals surface area contributed by atoms with E-state index < -0.39 is 11.7 Å². The number of carbonyl (C=O) groups excluding carboxylic acids is 1. The molecule has 39 heavy (non-hydrogen) atoms. The summed E-state index contributed by atoms with van der Waals surface area (Å²) in [6, 6.07) is 11.0. The molecular formula is C28H23FN4O5S. The molecule has 0 radical (unpaired) electrons. The van der Waals surface area contributed by atoms with Crippen LogP contribution in [0.25, 0.3) is 21.5 Å². The average molecular weight is 547 g/mol. The number of amides is 1. The van der Waals surface area contributed by atoms with E-state index in [0.717, 1.165) is 15.8 Å². The molecule has 4 heterocycles. The van der Waals surface area contributed by atoms with Gasteiger partial charge in [0, 0.05) is 51.7 Å². The molecule has 0 bridgehead atoms. The number of aryl methyl sites for hydroxylation is 2. The number of nitrogens with one attached hydrogen (secondary N) is 1. The van der Waals surface area contributed by atoms with Gasteiger partial charge in [0.05, 0.1) is 25.3 Å². The van der Waals surface area contributed by atoms with Gasteiger partial charge in [0.1, 0.15) is 16.8 Å². The van der Waals surface area contributed by atoms with Gasteiger partial charge in [0.15, 0.2) is 23.1 Å². The normalized spacial score (nSPS) is 10.9. The zero-order valence-corrected chi connectivity index (χ0v) is 22.2. The van der Waals surface area contributed by atoms with Crippen molar-refractivity contribution < 1.29 is 28.5 Å². The van der Waals surface area contributed by atoms with Crippen molar-refractivity contribution in [3.05, 3.63) is 76.8 Å². The summed E-state index contributed by atoms with van der Waals surface area (Å²) in [7, 11) is 2.94. The van der Waals surface area contributed by atoms with E-state index in [2.05, 4.69) is 20.3 Å². The van der Waals surface area contributed by atoms with Crippen molar-refractivity contribution in [3.63, 3.8) is 0 Å². The Kier molecular flexibility index (Phi) is 6.99. The quantitative estimate of drug-likeness (QED) is 0.245. The summed E-state index contributed by atoms with van der Waals surface area (Å²) >= 11 is 1.49. The maximum absolute atomic E-state index is 15.1. The Morgan fingerprint density at radius 3 is 2.51 bits per heavy atom. The summed E-state index contributed by atoms with van der Waals surface area (Å²) < 4.78 is 31.4. The van der Waals surface area contributed by atoms with Crippen molar-refractivity contribution >= 4 is 34.0 Å². The van der Waals surface area contributed by atoms with Gasteiger partial charge in [-0.2, -0.15) is 0 Å². The first-order chi connectivity index (χ1) is 18.8. The molecule has 5 rings (SSSR count). The molecule has 0 aliphatic heterocycles. The lowest BCUT2D eigenvalue weighted by Crippen LogP contribution is -2.13. The number of anilines is 1. The molecule has 0 fully saturated rings. The standard InChI is InChI=1S/C28H23FN4O5S/c1-14-5-8-23(39-14)24-15(2)31-13-17(26(24)34)27(35)32-16-6-7-20(18(29)11-16)38-21-9-10-30-19-12-22(36-3)28(37-4)33-25(19)21/h5-13H,1-4H3,(H,31,34)(H,32,35). The number of hydrogen-bond acceptors (Lipinski definition) is 9. The van der Waals surface area contributed by atoms with E-state index in [0.29, 0.717) is 28.0 Å². The molecular weight excluding hydrogens is 523 g/mol. The second kappa shape index (κ2) is 10.5. The first kappa shape index (κ1) is 25.9. The Bertz CT molecular complexity index is 1720. The number of carbonyl (C=O) groups is 1. The predicted molar refractivity (Wildman–Crippen MR) is 146 cm³/mol. The summed E-state index contributed by atoms with van der Waals surface area (Å²) in [4.78, 5) is 27.8. The largest absolute Gasteiger partial charge is 0.506 e. The van der Waals surface area contributed by atoms with Crippen LogP contribution >= 0.6 is 11.3 Å². The molecule has 9 nitrogen and oxygen atoms in total. The van der Waals surface area contributed by atoms with Gasteiger partial charge in [-0.05, 0) is 38.1 Å². The van der Waals surface area contributed by atoms with Crippen molar-refractivity contribution in [3.8, 4) is 39.3 Å². The first-order valence-electron chi connectivity index (χ1n) is 11.7. The Labute approximate surface area is 226 Å². The number of fused-ring (bicyclic) bond motifs is 1. The number of hydrogen-bond donors (Lipinski definition) is 2. The fourth-order valence-electron chi connectivity index (χ4n) is 3.99. The second-order valence-electron chi connectivity index (χ2n) is 8.47. The van der Waals surface area contributed by atoms with Crippen molar-refractivity contribution in [1.82, 2.24) is 15.0 Å². The number of aromatic nitrogens is 3. The monoisotopic (exact) mass is 546 g/mol. The predicted octanol–water partition coefficient (Wildman–Crippen LogP) is 6.28. The molecule has 1 amide bonds. The number of benzene rings is 1. The fraction of sp³-hybridized carbons (Fsp3) is 0.143. The highest BCUT2D eigenvalue weighted by Crippen LogP contribution is 2.39. The van der Waals surface area contributed by atoms with Gasteiger partial charge in [-0.3, -0.25) is 14.8 Å². The third kappa shape index (κ3) is 5.04. The van der Waals surface area contributed by atoms with E-state index >= 15 is 4.39 Å². The summed E-state index contributed by atoms with van der Waals surface area (Å²) in [5, 5.41) is 13.5. The lowest BCUT2D eigenvalue weighted by Gasteiger charge is -2.13. The molecule has 0 aliphatic carbocycles. The maximum Gasteiger partial charge on any atom is 0.261 e. The van der Waals surface area contributed by atoms with E-state index in [9.17, 15) is 9.90 Å². The Balaban J connectivity index is 1.39. The van der Waals surface area contributed by atoms with Gasteiger partial charge in [0.2, 0.25) is 0 Å². The minimum Gasteiger partial charge on any atom is -0.506 e. The van der Waals surface area contributed by atoms with Crippen LogP contribution in [-0.4, -0.2) is 40.2 Å². The number of nitrogens with zero attached hydrogens (tertiary/aromatic N) is 3. The zero-order valence-electron chi connectivity index (χ0n) is 21.4. The van der Waals surface area contributed by atoms with Gasteiger partial charge in [-0.25, -0.2) is 9.37 Å². The van der Waals surface area contributed by atoms with Crippen molar-refractivity contribution in [2.24, 2.45) is 0 Å². The SMILES string of the molecule is COc1cc2nccc(Oc3ccc(NC(=O)c4cnc(C)c(-c5ccc(C)s5)c4O)cc3F)c2nc1OC. The minimum absolute atomic E-state index is 0.0268. The number of pyridine rings is 3. The third-order valence-electron chi connectivity index (χ3n) is 5.90. The van der Waals surface area contributed by atoms with Crippen LogP contribution in [-0.2, 0) is 0 Å². The summed E-state index contributed by atoms with van der Waals surface area (Å²) in [5.41, 5.74) is 2.04. The van der Waals surface area contributed by atoms with E-state index in [1.165, 1.54) is 50.1 Å². The molecule has 5 aromatic rings. The van der Waals surface area contributed by atoms with Crippen LogP contribution in [0.5, 0.6) is 28.9 Å². The summed E-state index contributed by atoms with van der Waals surface area (Å²) in [6.45, 7) is 3.71. The molecule has 0 atom stereocenters. The van der Waals surface area contributed by atoms with Gasteiger partial charge >= 0.3 is 0 Å². The lowest BCUT2D eigenvalue weighted by molar-refractivity contribution is 0.102. The number of aromatic hydroxyl groups is 1. The molecule has 1 aromatic carbocycles. The summed E-state index contributed by atoms with van der Waals surface area (Å²) in [6.07, 6.45) is 2.80. The van der Waals surface area contributed by atoms with Crippen molar-refractivity contribution in [2.45, 2.75) is 13.8 Å². The zero-order chi connectivity index (χ0) is 27.7. The van der Waals surface area contributed by atoms with Crippen LogP contribution in [0.15, 0.2) is 54.9 Å². The van der Waals surface area contributed by atoms with Crippen LogP contribution in [0.1, 0.15) is 20.9 Å². The Morgan fingerprint density at radius 1 is 1.00 bits per heavy atom. The van der Waals surface area contributed by atoms with E-state index in [1.807, 2.05) is 19.1 Å².